The van der Waals surface area contributed by atoms with Crippen molar-refractivity contribution in [3.05, 3.63) is 48.3 Å². The molecule has 3 rings (SSSR count). The lowest BCUT2D eigenvalue weighted by molar-refractivity contribution is -0.145. The number of ether oxygens (including phenoxy) is 2. The summed E-state index contributed by atoms with van der Waals surface area (Å²) >= 11 is 0. The Hall–Kier alpha value is -3.31. The maximum atomic E-state index is 12.6. The van der Waals surface area contributed by atoms with Crippen molar-refractivity contribution < 1.29 is 31.4 Å². The highest BCUT2D eigenvalue weighted by molar-refractivity contribution is 5.66. The fraction of sp³-hybridized carbons (Fsp3) is 0.294. The summed E-state index contributed by atoms with van der Waals surface area (Å²) in [7, 11) is 0. The Bertz CT molecular complexity index is 977. The summed E-state index contributed by atoms with van der Waals surface area (Å²) in [6, 6.07) is 5.76. The second-order valence-corrected chi connectivity index (χ2v) is 5.62. The molecule has 12 heteroatoms. The smallest absolute Gasteiger partial charge is 0.453 e. The summed E-state index contributed by atoms with van der Waals surface area (Å²) in [5.41, 5.74) is 0.873. The maximum absolute atomic E-state index is 12.6. The van der Waals surface area contributed by atoms with Crippen LogP contribution >= 0.6 is 0 Å². The van der Waals surface area contributed by atoms with Crippen molar-refractivity contribution in [2.75, 3.05) is 6.61 Å². The SMILES string of the molecule is CCOc1ncc(Cn2cnc(C(F)(F)F)n2)nc1-c1cccc(OC(F)F)c1. The van der Waals surface area contributed by atoms with Gasteiger partial charge < -0.3 is 9.47 Å². The van der Waals surface area contributed by atoms with E-state index in [0.29, 0.717) is 5.56 Å². The van der Waals surface area contributed by atoms with E-state index in [0.717, 1.165) is 11.0 Å². The Morgan fingerprint density at radius 2 is 1.97 bits per heavy atom. The number of aromatic nitrogens is 5. The minimum absolute atomic E-state index is 0.0850. The minimum atomic E-state index is -4.66. The second kappa shape index (κ2) is 8.37. The van der Waals surface area contributed by atoms with E-state index < -0.39 is 18.6 Å². The van der Waals surface area contributed by atoms with Gasteiger partial charge in [0, 0.05) is 5.56 Å². The van der Waals surface area contributed by atoms with Crippen LogP contribution in [0.15, 0.2) is 36.8 Å². The Kier molecular flexibility index (Phi) is 5.89. The maximum Gasteiger partial charge on any atom is 0.453 e. The first-order valence-electron chi connectivity index (χ1n) is 8.27. The van der Waals surface area contributed by atoms with Gasteiger partial charge >= 0.3 is 12.8 Å². The molecule has 0 bridgehead atoms. The van der Waals surface area contributed by atoms with Crippen LogP contribution in [0.2, 0.25) is 0 Å². The molecule has 0 aliphatic heterocycles. The predicted octanol–water partition coefficient (Wildman–Crippen LogP) is 3.80. The molecular weight excluding hydrogens is 401 g/mol. The van der Waals surface area contributed by atoms with Crippen molar-refractivity contribution in [1.29, 1.82) is 0 Å². The first-order valence-corrected chi connectivity index (χ1v) is 8.27. The van der Waals surface area contributed by atoms with Gasteiger partial charge in [-0.15, -0.1) is 5.10 Å². The number of hydrogen-bond acceptors (Lipinski definition) is 6. The summed E-state index contributed by atoms with van der Waals surface area (Å²) < 4.78 is 73.7. The standard InChI is InChI=1S/C17H14F5N5O2/c1-2-28-14-13(10-4-3-5-12(6-10)29-16(18)19)25-11(7-23-14)8-27-9-24-15(26-27)17(20,21)22/h3-7,9,16H,2,8H2,1H3. The normalized spacial score (nSPS) is 11.7. The van der Waals surface area contributed by atoms with E-state index in [1.165, 1.54) is 24.4 Å². The zero-order valence-electron chi connectivity index (χ0n) is 14.9. The molecule has 2 heterocycles. The number of hydrogen-bond donors (Lipinski definition) is 0. The Morgan fingerprint density at radius 3 is 2.62 bits per heavy atom. The molecule has 3 aromatic rings. The fourth-order valence-electron chi connectivity index (χ4n) is 2.41. The highest BCUT2D eigenvalue weighted by atomic mass is 19.4. The lowest BCUT2D eigenvalue weighted by atomic mass is 10.1. The molecule has 0 saturated heterocycles. The Labute approximate surface area is 161 Å². The van der Waals surface area contributed by atoms with Crippen LogP contribution < -0.4 is 9.47 Å². The highest BCUT2D eigenvalue weighted by Crippen LogP contribution is 2.30. The number of alkyl halides is 5. The molecule has 0 radical (unpaired) electrons. The van der Waals surface area contributed by atoms with Crippen LogP contribution in [-0.2, 0) is 12.7 Å². The molecule has 0 fully saturated rings. The van der Waals surface area contributed by atoms with Gasteiger partial charge in [0.05, 0.1) is 25.0 Å². The minimum Gasteiger partial charge on any atom is -0.476 e. The average Bonchev–Trinajstić information content (AvgIpc) is 3.12. The van der Waals surface area contributed by atoms with Gasteiger partial charge in [-0.05, 0) is 19.1 Å². The van der Waals surface area contributed by atoms with Crippen molar-refractivity contribution in [2.45, 2.75) is 26.3 Å². The summed E-state index contributed by atoms with van der Waals surface area (Å²) in [5, 5.41) is 3.36. The number of halogens is 5. The zero-order chi connectivity index (χ0) is 21.0. The summed E-state index contributed by atoms with van der Waals surface area (Å²) in [5.74, 6) is -1.22. The van der Waals surface area contributed by atoms with Gasteiger partial charge in [0.15, 0.2) is 0 Å². The van der Waals surface area contributed by atoms with Crippen molar-refractivity contribution in [3.63, 3.8) is 0 Å². The van der Waals surface area contributed by atoms with E-state index in [4.69, 9.17) is 4.74 Å². The van der Waals surface area contributed by atoms with Crippen molar-refractivity contribution in [3.8, 4) is 22.9 Å². The van der Waals surface area contributed by atoms with Gasteiger partial charge in [-0.1, -0.05) is 12.1 Å². The largest absolute Gasteiger partial charge is 0.476 e. The van der Waals surface area contributed by atoms with E-state index in [9.17, 15) is 22.0 Å². The Balaban J connectivity index is 1.93. The number of rotatable bonds is 7. The van der Waals surface area contributed by atoms with Crippen molar-refractivity contribution >= 4 is 0 Å². The molecule has 1 aromatic carbocycles. The lowest BCUT2D eigenvalue weighted by Crippen LogP contribution is -2.10. The molecule has 0 aliphatic rings. The monoisotopic (exact) mass is 415 g/mol. The third-order valence-electron chi connectivity index (χ3n) is 3.52. The molecule has 0 N–H and O–H groups in total. The van der Waals surface area contributed by atoms with Crippen molar-refractivity contribution in [1.82, 2.24) is 24.7 Å². The molecule has 29 heavy (non-hydrogen) atoms. The summed E-state index contributed by atoms with van der Waals surface area (Å²) in [6.45, 7) is -1.14. The van der Waals surface area contributed by atoms with Crippen LogP contribution in [0.4, 0.5) is 22.0 Å². The van der Waals surface area contributed by atoms with Crippen LogP contribution in [0.5, 0.6) is 11.6 Å². The summed E-state index contributed by atoms with van der Waals surface area (Å²) in [4.78, 5) is 11.7. The van der Waals surface area contributed by atoms with Gasteiger partial charge in [-0.3, -0.25) is 0 Å². The van der Waals surface area contributed by atoms with Crippen molar-refractivity contribution in [2.24, 2.45) is 0 Å². The molecule has 0 atom stereocenters. The Morgan fingerprint density at radius 1 is 1.17 bits per heavy atom. The number of benzene rings is 1. The quantitative estimate of drug-likeness (QED) is 0.547. The van der Waals surface area contributed by atoms with E-state index in [2.05, 4.69) is 24.8 Å². The van der Waals surface area contributed by atoms with E-state index in [-0.39, 0.29) is 36.2 Å². The van der Waals surface area contributed by atoms with Crippen LogP contribution in [0.3, 0.4) is 0 Å². The van der Waals surface area contributed by atoms with Gasteiger partial charge in [0.2, 0.25) is 5.88 Å². The molecular formula is C17H14F5N5O2. The molecule has 2 aromatic heterocycles. The van der Waals surface area contributed by atoms with E-state index in [1.54, 1.807) is 13.0 Å². The van der Waals surface area contributed by atoms with Gasteiger partial charge in [0.1, 0.15) is 17.8 Å². The topological polar surface area (TPSA) is 75.0 Å². The lowest BCUT2D eigenvalue weighted by Gasteiger charge is -2.12. The van der Waals surface area contributed by atoms with Gasteiger partial charge in [0.25, 0.3) is 5.82 Å². The van der Waals surface area contributed by atoms with E-state index >= 15 is 0 Å². The third-order valence-corrected chi connectivity index (χ3v) is 3.52. The molecule has 0 saturated carbocycles. The number of nitrogens with zero attached hydrogens (tertiary/aromatic N) is 5. The van der Waals surface area contributed by atoms with Gasteiger partial charge in [-0.2, -0.15) is 22.0 Å². The third kappa shape index (κ3) is 5.15. The van der Waals surface area contributed by atoms with Gasteiger partial charge in [-0.25, -0.2) is 19.6 Å². The molecule has 0 amide bonds. The van der Waals surface area contributed by atoms with Crippen LogP contribution in [-0.4, -0.2) is 38.0 Å². The predicted molar refractivity (Wildman–Crippen MR) is 89.4 cm³/mol. The molecule has 154 valence electrons. The fourth-order valence-corrected chi connectivity index (χ4v) is 2.41. The van der Waals surface area contributed by atoms with Crippen LogP contribution in [0.1, 0.15) is 18.4 Å². The first kappa shape index (κ1) is 20.4. The molecule has 0 spiro atoms. The molecule has 0 aliphatic carbocycles. The zero-order valence-corrected chi connectivity index (χ0v) is 14.9. The second-order valence-electron chi connectivity index (χ2n) is 5.62. The van der Waals surface area contributed by atoms with Crippen LogP contribution in [0, 0.1) is 0 Å². The highest BCUT2D eigenvalue weighted by Gasteiger charge is 2.35. The molecule has 7 nitrogen and oxygen atoms in total. The molecule has 0 unspecified atom stereocenters. The summed E-state index contributed by atoms with van der Waals surface area (Å²) in [6.07, 6.45) is -2.41. The van der Waals surface area contributed by atoms with E-state index in [1.807, 2.05) is 0 Å². The van der Waals surface area contributed by atoms with Crippen LogP contribution in [0.25, 0.3) is 11.3 Å². The first-order chi connectivity index (χ1) is 13.8. The average molecular weight is 415 g/mol.